The van der Waals surface area contributed by atoms with Crippen LogP contribution in [0.4, 0.5) is 0 Å². The summed E-state index contributed by atoms with van der Waals surface area (Å²) in [5, 5.41) is 9.63. The van der Waals surface area contributed by atoms with E-state index >= 15 is 0 Å². The summed E-state index contributed by atoms with van der Waals surface area (Å²) in [6.45, 7) is 2.05. The maximum Gasteiger partial charge on any atom is 0.252 e. The Balaban J connectivity index is 1.65. The summed E-state index contributed by atoms with van der Waals surface area (Å²) in [6, 6.07) is 1.48. The summed E-state index contributed by atoms with van der Waals surface area (Å²) in [7, 11) is -3.73. The number of thiophene rings is 1. The molecule has 0 aliphatic heterocycles. The lowest BCUT2D eigenvalue weighted by Crippen LogP contribution is -2.40. The zero-order chi connectivity index (χ0) is 15.2. The summed E-state index contributed by atoms with van der Waals surface area (Å²) in [4.78, 5) is 12.2. The van der Waals surface area contributed by atoms with Gasteiger partial charge in [0.25, 0.3) is 5.91 Å². The molecule has 0 aromatic carbocycles. The van der Waals surface area contributed by atoms with Crippen LogP contribution in [-0.4, -0.2) is 20.4 Å². The zero-order valence-corrected chi connectivity index (χ0v) is 13.5. The first-order chi connectivity index (χ1) is 9.84. The predicted molar refractivity (Wildman–Crippen MR) is 81.6 cm³/mol. The second-order valence-electron chi connectivity index (χ2n) is 6.30. The Morgan fingerprint density at radius 2 is 2.19 bits per heavy atom. The summed E-state index contributed by atoms with van der Waals surface area (Å²) in [5.74, 6) is 1.93. The Morgan fingerprint density at radius 3 is 2.71 bits per heavy atom. The van der Waals surface area contributed by atoms with Crippen LogP contribution in [0.25, 0.3) is 0 Å². The number of fused-ring (bicyclic) bond motifs is 2. The molecule has 1 aromatic heterocycles. The molecule has 4 atom stereocenters. The third-order valence-corrected chi connectivity index (χ3v) is 7.30. The summed E-state index contributed by atoms with van der Waals surface area (Å²) in [5.41, 5.74) is 0.374. The van der Waals surface area contributed by atoms with Gasteiger partial charge in [-0.05, 0) is 50.0 Å². The average Bonchev–Trinajstić information content (AvgIpc) is 3.13. The summed E-state index contributed by atoms with van der Waals surface area (Å²) >= 11 is 0.982. The molecule has 1 amide bonds. The van der Waals surface area contributed by atoms with E-state index in [1.54, 1.807) is 5.38 Å². The van der Waals surface area contributed by atoms with Gasteiger partial charge in [-0.3, -0.25) is 4.79 Å². The highest BCUT2D eigenvalue weighted by Gasteiger charge is 2.42. The van der Waals surface area contributed by atoms with E-state index in [2.05, 4.69) is 12.2 Å². The number of nitrogens with one attached hydrogen (secondary N) is 1. The maximum atomic E-state index is 12.2. The van der Waals surface area contributed by atoms with E-state index < -0.39 is 10.0 Å². The summed E-state index contributed by atoms with van der Waals surface area (Å²) < 4.78 is 22.5. The SMILES string of the molecule is C[C@H](NC(=O)c1csc(S(N)(=O)=O)c1)[C@H]1C[C@H]2CC[C@H]1C2. The van der Waals surface area contributed by atoms with Gasteiger partial charge < -0.3 is 5.32 Å². The van der Waals surface area contributed by atoms with E-state index in [0.717, 1.165) is 23.2 Å². The molecule has 3 N–H and O–H groups in total. The van der Waals surface area contributed by atoms with E-state index in [4.69, 9.17) is 5.14 Å². The molecule has 0 saturated heterocycles. The topological polar surface area (TPSA) is 89.3 Å². The van der Waals surface area contributed by atoms with Crippen molar-refractivity contribution in [2.24, 2.45) is 22.9 Å². The molecule has 21 heavy (non-hydrogen) atoms. The van der Waals surface area contributed by atoms with Crippen LogP contribution in [-0.2, 0) is 10.0 Å². The van der Waals surface area contributed by atoms with Gasteiger partial charge in [0.2, 0.25) is 10.0 Å². The fraction of sp³-hybridized carbons (Fsp3) is 0.643. The molecule has 5 nitrogen and oxygen atoms in total. The van der Waals surface area contributed by atoms with E-state index in [9.17, 15) is 13.2 Å². The van der Waals surface area contributed by atoms with Gasteiger partial charge in [0.1, 0.15) is 4.21 Å². The van der Waals surface area contributed by atoms with Crippen LogP contribution in [0.1, 0.15) is 43.0 Å². The number of hydrogen-bond acceptors (Lipinski definition) is 4. The van der Waals surface area contributed by atoms with Gasteiger partial charge in [-0.2, -0.15) is 0 Å². The largest absolute Gasteiger partial charge is 0.349 e. The zero-order valence-electron chi connectivity index (χ0n) is 11.9. The molecule has 116 valence electrons. The number of primary sulfonamides is 1. The molecule has 0 spiro atoms. The van der Waals surface area contributed by atoms with Gasteiger partial charge >= 0.3 is 0 Å². The number of sulfonamides is 1. The standard InChI is InChI=1S/C14H20N2O3S2/c1-8(12-5-9-2-3-10(12)4-9)16-14(17)11-6-13(20-7-11)21(15,18)19/h6-10,12H,2-5H2,1H3,(H,16,17)(H2,15,18,19)/t8-,9-,10-,12+/m0/s1. The maximum absolute atomic E-state index is 12.2. The molecular weight excluding hydrogens is 308 g/mol. The number of rotatable bonds is 4. The smallest absolute Gasteiger partial charge is 0.252 e. The molecule has 0 unspecified atom stereocenters. The Morgan fingerprint density at radius 1 is 1.43 bits per heavy atom. The number of carbonyl (C=O) groups is 1. The second-order valence-corrected chi connectivity index (χ2v) is 9.00. The molecule has 3 rings (SSSR count). The first-order valence-corrected chi connectivity index (χ1v) is 9.69. The van der Waals surface area contributed by atoms with Crippen molar-refractivity contribution >= 4 is 27.3 Å². The van der Waals surface area contributed by atoms with E-state index in [0.29, 0.717) is 11.5 Å². The Hall–Kier alpha value is -0.920. The molecule has 2 bridgehead atoms. The van der Waals surface area contributed by atoms with Crippen molar-refractivity contribution in [1.82, 2.24) is 5.32 Å². The van der Waals surface area contributed by atoms with Crippen LogP contribution >= 0.6 is 11.3 Å². The molecule has 2 fully saturated rings. The lowest BCUT2D eigenvalue weighted by Gasteiger charge is -2.28. The normalized spacial score (nSPS) is 29.5. The van der Waals surface area contributed by atoms with Gasteiger partial charge in [0.05, 0.1) is 5.56 Å². The summed E-state index contributed by atoms with van der Waals surface area (Å²) in [6.07, 6.45) is 5.13. The second kappa shape index (κ2) is 5.37. The van der Waals surface area contributed by atoms with Crippen LogP contribution < -0.4 is 10.5 Å². The monoisotopic (exact) mass is 328 g/mol. The number of hydrogen-bond donors (Lipinski definition) is 2. The number of nitrogens with two attached hydrogens (primary N) is 1. The van der Waals surface area contributed by atoms with Gasteiger partial charge in [0, 0.05) is 11.4 Å². The van der Waals surface area contributed by atoms with Crippen molar-refractivity contribution in [2.45, 2.75) is 42.9 Å². The van der Waals surface area contributed by atoms with E-state index in [-0.39, 0.29) is 16.2 Å². The minimum Gasteiger partial charge on any atom is -0.349 e. The minimum absolute atomic E-state index is 0.0280. The predicted octanol–water partition coefficient (Wildman–Crippen LogP) is 1.95. The fourth-order valence-corrected chi connectivity index (χ4v) is 5.47. The first kappa shape index (κ1) is 15.0. The van der Waals surface area contributed by atoms with Crippen molar-refractivity contribution < 1.29 is 13.2 Å². The Kier molecular flexibility index (Phi) is 3.83. The molecular formula is C14H20N2O3S2. The Bertz CT molecular complexity index is 653. The Labute approximate surface area is 129 Å². The highest BCUT2D eigenvalue weighted by atomic mass is 32.2. The van der Waals surface area contributed by atoms with Gasteiger partial charge in [-0.15, -0.1) is 11.3 Å². The quantitative estimate of drug-likeness (QED) is 0.885. The molecule has 7 heteroatoms. The van der Waals surface area contributed by atoms with Crippen LogP contribution in [0.3, 0.4) is 0 Å². The molecule has 2 saturated carbocycles. The lowest BCUT2D eigenvalue weighted by molar-refractivity contribution is 0.0915. The van der Waals surface area contributed by atoms with Crippen molar-refractivity contribution in [3.05, 3.63) is 17.0 Å². The first-order valence-electron chi connectivity index (χ1n) is 7.27. The fourth-order valence-electron chi connectivity index (χ4n) is 3.89. The third-order valence-electron chi connectivity index (χ3n) is 4.91. The number of carbonyl (C=O) groups excluding carboxylic acids is 1. The number of amides is 1. The van der Waals surface area contributed by atoms with Gasteiger partial charge in [-0.1, -0.05) is 6.42 Å². The van der Waals surface area contributed by atoms with Gasteiger partial charge in [-0.25, -0.2) is 13.6 Å². The van der Waals surface area contributed by atoms with Crippen molar-refractivity contribution in [1.29, 1.82) is 0 Å². The van der Waals surface area contributed by atoms with Crippen LogP contribution in [0.5, 0.6) is 0 Å². The van der Waals surface area contributed by atoms with Crippen LogP contribution in [0.2, 0.25) is 0 Å². The molecule has 1 heterocycles. The van der Waals surface area contributed by atoms with Crippen molar-refractivity contribution in [3.63, 3.8) is 0 Å². The molecule has 2 aliphatic rings. The minimum atomic E-state index is -3.73. The molecule has 0 radical (unpaired) electrons. The van der Waals surface area contributed by atoms with E-state index in [1.165, 1.54) is 31.7 Å². The highest BCUT2D eigenvalue weighted by molar-refractivity contribution is 7.91. The van der Waals surface area contributed by atoms with Gasteiger partial charge in [0.15, 0.2) is 0 Å². The molecule has 1 aromatic rings. The van der Waals surface area contributed by atoms with E-state index in [1.807, 2.05) is 0 Å². The van der Waals surface area contributed by atoms with Crippen LogP contribution in [0, 0.1) is 17.8 Å². The highest BCUT2D eigenvalue weighted by Crippen LogP contribution is 2.49. The van der Waals surface area contributed by atoms with Crippen molar-refractivity contribution in [3.8, 4) is 0 Å². The van der Waals surface area contributed by atoms with Crippen LogP contribution in [0.15, 0.2) is 15.7 Å². The average molecular weight is 328 g/mol. The third kappa shape index (κ3) is 3.00. The molecule has 2 aliphatic carbocycles. The van der Waals surface area contributed by atoms with Crippen molar-refractivity contribution in [2.75, 3.05) is 0 Å². The lowest BCUT2D eigenvalue weighted by atomic mass is 9.84.